The quantitative estimate of drug-likeness (QED) is 0.516. The van der Waals surface area contributed by atoms with E-state index in [0.717, 1.165) is 25.7 Å². The molecular weight excluding hydrogens is 344 g/mol. The molecule has 0 aromatic rings. The van der Waals surface area contributed by atoms with E-state index in [1.807, 2.05) is 0 Å². The predicted molar refractivity (Wildman–Crippen MR) is 103 cm³/mol. The molecule has 1 saturated carbocycles. The molecule has 0 bridgehead atoms. The van der Waals surface area contributed by atoms with Gasteiger partial charge in [-0.3, -0.25) is 4.79 Å². The number of carbonyl (C=O) groups excluding carboxylic acids is 1. The third-order valence-electron chi connectivity index (χ3n) is 8.09. The fraction of sp³-hybridized carbons (Fsp3) is 0.864. The topological polar surface area (TPSA) is 87.0 Å². The van der Waals surface area contributed by atoms with Gasteiger partial charge in [0.25, 0.3) is 0 Å². The summed E-state index contributed by atoms with van der Waals surface area (Å²) in [7, 11) is 0. The van der Waals surface area contributed by atoms with Gasteiger partial charge in [0.2, 0.25) is 0 Å². The van der Waals surface area contributed by atoms with Crippen LogP contribution in [0.1, 0.15) is 66.2 Å². The molecule has 0 aliphatic heterocycles. The molecule has 6 atom stereocenters. The Labute approximate surface area is 162 Å². The summed E-state index contributed by atoms with van der Waals surface area (Å²) < 4.78 is 5.36. The van der Waals surface area contributed by atoms with Crippen molar-refractivity contribution in [1.29, 1.82) is 0 Å². The minimum atomic E-state index is -0.381. The largest absolute Gasteiger partial charge is 0.466 e. The van der Waals surface area contributed by atoms with E-state index in [0.29, 0.717) is 19.4 Å². The highest BCUT2D eigenvalue weighted by Gasteiger charge is 2.53. The minimum Gasteiger partial charge on any atom is -0.466 e. The summed E-state index contributed by atoms with van der Waals surface area (Å²) in [5.74, 6) is 0.122. The minimum absolute atomic E-state index is 0.0465. The number of ether oxygens (including phenoxy) is 1. The van der Waals surface area contributed by atoms with Crippen molar-refractivity contribution in [3.8, 4) is 0 Å². The zero-order valence-corrected chi connectivity index (χ0v) is 17.2. The lowest BCUT2D eigenvalue weighted by Crippen LogP contribution is -2.48. The summed E-state index contributed by atoms with van der Waals surface area (Å²) in [6.07, 6.45) is 4.11. The van der Waals surface area contributed by atoms with Gasteiger partial charge in [-0.05, 0) is 49.9 Å². The van der Waals surface area contributed by atoms with Crippen molar-refractivity contribution in [2.75, 3.05) is 13.2 Å². The van der Waals surface area contributed by atoms with Gasteiger partial charge in [-0.2, -0.15) is 0 Å². The Morgan fingerprint density at radius 2 is 1.93 bits per heavy atom. The van der Waals surface area contributed by atoms with Crippen LogP contribution in [0.4, 0.5) is 0 Å². The molecule has 0 heterocycles. The molecule has 0 saturated heterocycles. The zero-order valence-electron chi connectivity index (χ0n) is 17.2. The van der Waals surface area contributed by atoms with E-state index < -0.39 is 0 Å². The van der Waals surface area contributed by atoms with Crippen LogP contribution in [-0.4, -0.2) is 46.7 Å². The second-order valence-corrected chi connectivity index (χ2v) is 9.81. The molecule has 0 spiro atoms. The molecule has 0 unspecified atom stereocenters. The molecule has 0 aromatic heterocycles. The fourth-order valence-corrected chi connectivity index (χ4v) is 6.19. The summed E-state index contributed by atoms with van der Waals surface area (Å²) in [5, 5.41) is 31.1. The molecule has 0 aromatic carbocycles. The molecule has 3 rings (SSSR count). The van der Waals surface area contributed by atoms with E-state index in [4.69, 9.17) is 4.74 Å². The first kappa shape index (κ1) is 20.8. The molecule has 3 aliphatic carbocycles. The van der Waals surface area contributed by atoms with E-state index >= 15 is 0 Å². The summed E-state index contributed by atoms with van der Waals surface area (Å²) >= 11 is 0. The Kier molecular flexibility index (Phi) is 5.77. The molecule has 5 heteroatoms. The number of rotatable bonds is 4. The van der Waals surface area contributed by atoms with Gasteiger partial charge in [-0.15, -0.1) is 0 Å². The molecular formula is C22H36O5. The van der Waals surface area contributed by atoms with E-state index in [1.54, 1.807) is 0 Å². The lowest BCUT2D eigenvalue weighted by atomic mass is 9.54. The van der Waals surface area contributed by atoms with Gasteiger partial charge in [0.1, 0.15) is 0 Å². The first-order valence-corrected chi connectivity index (χ1v) is 10.4. The summed E-state index contributed by atoms with van der Waals surface area (Å²) in [5.41, 5.74) is 2.28. The van der Waals surface area contributed by atoms with Crippen molar-refractivity contribution in [3.05, 3.63) is 11.1 Å². The standard InChI is InChI=1S/C22H36O5/c1-13(24)27-12-14-9-15(25)7-8-22(14,4)19-6-5-18-16(17(19)11-23)10-20(26)21(18,2)3/h14-15,17,19-20,23,25-26H,5-12H2,1-4H3/t14-,15+,17+,19+,20-,22+/m1/s1. The van der Waals surface area contributed by atoms with Crippen LogP contribution in [0.5, 0.6) is 0 Å². The van der Waals surface area contributed by atoms with Crippen molar-refractivity contribution in [2.45, 2.75) is 78.4 Å². The highest BCUT2D eigenvalue weighted by molar-refractivity contribution is 5.65. The lowest BCUT2D eigenvalue weighted by Gasteiger charge is -2.52. The van der Waals surface area contributed by atoms with Crippen LogP contribution < -0.4 is 0 Å². The van der Waals surface area contributed by atoms with Crippen molar-refractivity contribution in [3.63, 3.8) is 0 Å². The fourth-order valence-electron chi connectivity index (χ4n) is 6.19. The third kappa shape index (κ3) is 3.58. The number of esters is 1. The van der Waals surface area contributed by atoms with Crippen molar-refractivity contribution >= 4 is 5.97 Å². The SMILES string of the molecule is CC(=O)OC[C@H]1C[C@@H](O)CC[C@]1(C)[C@H]1CCC2=C(C[C@@H](O)C2(C)C)[C@@H]1CO. The first-order chi connectivity index (χ1) is 12.6. The van der Waals surface area contributed by atoms with Crippen molar-refractivity contribution in [2.24, 2.45) is 28.6 Å². The maximum Gasteiger partial charge on any atom is 0.302 e. The Balaban J connectivity index is 1.90. The van der Waals surface area contributed by atoms with Crippen LogP contribution in [0, 0.1) is 28.6 Å². The number of hydrogen-bond donors (Lipinski definition) is 3. The highest BCUT2D eigenvalue weighted by Crippen LogP contribution is 2.59. The molecule has 3 N–H and O–H groups in total. The molecule has 154 valence electrons. The van der Waals surface area contributed by atoms with Gasteiger partial charge in [0.05, 0.1) is 18.8 Å². The monoisotopic (exact) mass is 380 g/mol. The molecule has 0 radical (unpaired) electrons. The van der Waals surface area contributed by atoms with Crippen molar-refractivity contribution in [1.82, 2.24) is 0 Å². The third-order valence-corrected chi connectivity index (χ3v) is 8.09. The summed E-state index contributed by atoms with van der Waals surface area (Å²) in [6, 6.07) is 0. The number of aliphatic hydroxyl groups excluding tert-OH is 3. The summed E-state index contributed by atoms with van der Waals surface area (Å²) in [4.78, 5) is 11.4. The highest BCUT2D eigenvalue weighted by atomic mass is 16.5. The normalized spacial score (nSPS) is 41.4. The van der Waals surface area contributed by atoms with Crippen molar-refractivity contribution < 1.29 is 24.9 Å². The lowest BCUT2D eigenvalue weighted by molar-refractivity contribution is -0.147. The average molecular weight is 381 g/mol. The maximum absolute atomic E-state index is 11.4. The molecule has 3 aliphatic rings. The zero-order chi connectivity index (χ0) is 20.0. The maximum atomic E-state index is 11.4. The van der Waals surface area contributed by atoms with Gasteiger partial charge in [0, 0.05) is 30.8 Å². The van der Waals surface area contributed by atoms with Gasteiger partial charge in [0.15, 0.2) is 0 Å². The molecule has 27 heavy (non-hydrogen) atoms. The Bertz CT molecular complexity index is 610. The molecule has 0 amide bonds. The van der Waals surface area contributed by atoms with Crippen LogP contribution in [0.2, 0.25) is 0 Å². The average Bonchev–Trinajstić information content (AvgIpc) is 2.84. The predicted octanol–water partition coefficient (Wildman–Crippen LogP) is 2.82. The summed E-state index contributed by atoms with van der Waals surface area (Å²) in [6.45, 7) is 8.31. The first-order valence-electron chi connectivity index (χ1n) is 10.4. The second kappa shape index (κ2) is 7.49. The van der Waals surface area contributed by atoms with E-state index in [1.165, 1.54) is 18.1 Å². The van der Waals surface area contributed by atoms with E-state index in [9.17, 15) is 20.1 Å². The Hall–Kier alpha value is -0.910. The van der Waals surface area contributed by atoms with E-state index in [-0.39, 0.29) is 53.4 Å². The molecule has 5 nitrogen and oxygen atoms in total. The van der Waals surface area contributed by atoms with Gasteiger partial charge < -0.3 is 20.1 Å². The van der Waals surface area contributed by atoms with Crippen LogP contribution in [0.15, 0.2) is 11.1 Å². The van der Waals surface area contributed by atoms with Gasteiger partial charge in [-0.1, -0.05) is 31.9 Å². The molecule has 1 fully saturated rings. The number of hydrogen-bond acceptors (Lipinski definition) is 5. The second-order valence-electron chi connectivity index (χ2n) is 9.81. The van der Waals surface area contributed by atoms with E-state index in [2.05, 4.69) is 20.8 Å². The van der Waals surface area contributed by atoms with Gasteiger partial charge >= 0.3 is 5.97 Å². The van der Waals surface area contributed by atoms with Crippen LogP contribution in [-0.2, 0) is 9.53 Å². The van der Waals surface area contributed by atoms with Gasteiger partial charge in [-0.25, -0.2) is 0 Å². The van der Waals surface area contributed by atoms with Crippen LogP contribution in [0.3, 0.4) is 0 Å². The smallest absolute Gasteiger partial charge is 0.302 e. The Morgan fingerprint density at radius 3 is 2.56 bits per heavy atom. The number of aliphatic hydroxyl groups is 3. The van der Waals surface area contributed by atoms with Crippen LogP contribution in [0.25, 0.3) is 0 Å². The number of carbonyl (C=O) groups is 1. The van der Waals surface area contributed by atoms with Crippen LogP contribution >= 0.6 is 0 Å². The Morgan fingerprint density at radius 1 is 1.22 bits per heavy atom.